The number of fused-ring (bicyclic) bond motifs is 1. The van der Waals surface area contributed by atoms with Gasteiger partial charge in [-0.15, -0.1) is 0 Å². The molecule has 0 aliphatic carbocycles. The fraction of sp³-hybridized carbons (Fsp3) is 0.222. The molecule has 25 heavy (non-hydrogen) atoms. The molecular weight excluding hydrogens is 346 g/mol. The first-order valence-corrected chi connectivity index (χ1v) is 7.86. The summed E-state index contributed by atoms with van der Waals surface area (Å²) >= 11 is 5.96. The van der Waals surface area contributed by atoms with Gasteiger partial charge in [-0.3, -0.25) is 9.59 Å². The Balaban J connectivity index is 1.93. The van der Waals surface area contributed by atoms with Crippen LogP contribution in [0.5, 0.6) is 11.5 Å². The lowest BCUT2D eigenvalue weighted by Gasteiger charge is -2.20. The van der Waals surface area contributed by atoms with Gasteiger partial charge in [0.05, 0.1) is 20.6 Å². The molecule has 7 heteroatoms. The van der Waals surface area contributed by atoms with Gasteiger partial charge < -0.3 is 19.9 Å². The van der Waals surface area contributed by atoms with Crippen LogP contribution in [0.1, 0.15) is 22.3 Å². The Morgan fingerprint density at radius 3 is 2.56 bits per heavy atom. The number of carbonyl (C=O) groups is 2. The van der Waals surface area contributed by atoms with Crippen molar-refractivity contribution in [3.05, 3.63) is 52.5 Å². The molecule has 1 atom stereocenters. The molecule has 1 heterocycles. The van der Waals surface area contributed by atoms with Gasteiger partial charge in [0.1, 0.15) is 0 Å². The number of nitrogens with one attached hydrogen (secondary N) is 1. The molecule has 0 bridgehead atoms. The molecule has 1 aliphatic heterocycles. The van der Waals surface area contributed by atoms with E-state index >= 15 is 0 Å². The van der Waals surface area contributed by atoms with Gasteiger partial charge >= 0.3 is 0 Å². The molecule has 1 unspecified atom stereocenters. The highest BCUT2D eigenvalue weighted by molar-refractivity contribution is 6.31. The number of benzene rings is 2. The van der Waals surface area contributed by atoms with Gasteiger partial charge in [-0.1, -0.05) is 11.6 Å². The molecule has 0 saturated heterocycles. The van der Waals surface area contributed by atoms with E-state index in [1.807, 2.05) is 0 Å². The molecular formula is C18H16ClNO5. The topological polar surface area (TPSA) is 84.9 Å². The van der Waals surface area contributed by atoms with Gasteiger partial charge in [-0.25, -0.2) is 0 Å². The number of rotatable bonds is 5. The van der Waals surface area contributed by atoms with Gasteiger partial charge in [0.25, 0.3) is 5.91 Å². The quantitative estimate of drug-likeness (QED) is 0.800. The first-order valence-electron chi connectivity index (χ1n) is 7.48. The lowest BCUT2D eigenvalue weighted by Crippen LogP contribution is -2.36. The van der Waals surface area contributed by atoms with E-state index in [1.54, 1.807) is 24.3 Å². The summed E-state index contributed by atoms with van der Waals surface area (Å²) < 4.78 is 10.3. The zero-order chi connectivity index (χ0) is 18.2. The van der Waals surface area contributed by atoms with E-state index in [0.29, 0.717) is 33.3 Å². The van der Waals surface area contributed by atoms with Gasteiger partial charge in [-0.05, 0) is 36.4 Å². The lowest BCUT2D eigenvalue weighted by molar-refractivity contribution is -0.133. The molecule has 2 N–H and O–H groups in total. The molecule has 2 aromatic carbocycles. The zero-order valence-electron chi connectivity index (χ0n) is 13.6. The fourth-order valence-electron chi connectivity index (χ4n) is 2.84. The molecule has 0 fully saturated rings. The molecule has 0 saturated carbocycles. The van der Waals surface area contributed by atoms with Crippen LogP contribution in [-0.4, -0.2) is 31.0 Å². The average molecular weight is 362 g/mol. The van der Waals surface area contributed by atoms with Crippen LogP contribution in [0, 0.1) is 0 Å². The Kier molecular flexibility index (Phi) is 4.41. The van der Waals surface area contributed by atoms with E-state index in [4.69, 9.17) is 21.1 Å². The number of methoxy groups -OCH3 is 2. The van der Waals surface area contributed by atoms with Crippen molar-refractivity contribution in [2.75, 3.05) is 19.5 Å². The van der Waals surface area contributed by atoms with Crippen LogP contribution in [0.2, 0.25) is 5.02 Å². The third-order valence-corrected chi connectivity index (χ3v) is 4.41. The molecule has 130 valence electrons. The van der Waals surface area contributed by atoms with Crippen LogP contribution in [0.15, 0.2) is 36.4 Å². The maximum Gasteiger partial charge on any atom is 0.261 e. The van der Waals surface area contributed by atoms with E-state index in [1.165, 1.54) is 26.4 Å². The zero-order valence-corrected chi connectivity index (χ0v) is 14.4. The Morgan fingerprint density at radius 1 is 1.16 bits per heavy atom. The van der Waals surface area contributed by atoms with Crippen LogP contribution >= 0.6 is 11.6 Å². The average Bonchev–Trinajstić information content (AvgIpc) is 2.84. The summed E-state index contributed by atoms with van der Waals surface area (Å²) in [6.07, 6.45) is -0.415. The number of Topliss-reactive ketones (excluding diaryl/α,β-unsaturated/α-hetero) is 1. The number of amides is 1. The molecule has 1 aliphatic rings. The fourth-order valence-corrected chi connectivity index (χ4v) is 3.01. The Bertz CT molecular complexity index is 867. The largest absolute Gasteiger partial charge is 0.493 e. The van der Waals surface area contributed by atoms with Crippen molar-refractivity contribution < 1.29 is 24.2 Å². The number of carbonyl (C=O) groups excluding carboxylic acids is 2. The summed E-state index contributed by atoms with van der Waals surface area (Å²) in [5.41, 5.74) is -0.935. The number of anilines is 1. The number of hydrogen-bond donors (Lipinski definition) is 2. The summed E-state index contributed by atoms with van der Waals surface area (Å²) in [7, 11) is 2.95. The maximum absolute atomic E-state index is 12.6. The molecule has 2 aromatic rings. The minimum Gasteiger partial charge on any atom is -0.493 e. The molecule has 6 nitrogen and oxygen atoms in total. The number of halogens is 1. The van der Waals surface area contributed by atoms with Gasteiger partial charge in [0.15, 0.2) is 22.9 Å². The highest BCUT2D eigenvalue weighted by Crippen LogP contribution is 2.40. The van der Waals surface area contributed by atoms with Crippen LogP contribution in [-0.2, 0) is 10.4 Å². The first kappa shape index (κ1) is 17.3. The number of ether oxygens (including phenoxy) is 2. The SMILES string of the molecule is COc1ccc(C(=O)CC2(O)C(=O)Nc3ccc(Cl)cc32)cc1OC. The summed E-state index contributed by atoms with van der Waals surface area (Å²) in [6, 6.07) is 9.33. The van der Waals surface area contributed by atoms with E-state index in [0.717, 1.165) is 0 Å². The second-order valence-corrected chi connectivity index (χ2v) is 6.11. The van der Waals surface area contributed by atoms with Crippen molar-refractivity contribution in [1.29, 1.82) is 0 Å². The van der Waals surface area contributed by atoms with E-state index in [9.17, 15) is 14.7 Å². The number of aliphatic hydroxyl groups is 1. The standard InChI is InChI=1S/C18H16ClNO5/c1-24-15-6-3-10(7-16(15)25-2)14(21)9-18(23)12-8-11(19)4-5-13(12)20-17(18)22/h3-8,23H,9H2,1-2H3,(H,20,22). The predicted octanol–water partition coefficient (Wildman–Crippen LogP) is 2.77. The number of ketones is 1. The Hall–Kier alpha value is -2.57. The van der Waals surface area contributed by atoms with Gasteiger partial charge in [0.2, 0.25) is 0 Å². The highest BCUT2D eigenvalue weighted by Gasteiger charge is 2.47. The molecule has 1 amide bonds. The monoisotopic (exact) mass is 361 g/mol. The minimum absolute atomic E-state index is 0.291. The third kappa shape index (κ3) is 2.94. The summed E-state index contributed by atoms with van der Waals surface area (Å²) in [6.45, 7) is 0. The molecule has 0 aromatic heterocycles. The van der Waals surface area contributed by atoms with Crippen LogP contribution in [0.3, 0.4) is 0 Å². The van der Waals surface area contributed by atoms with E-state index in [-0.39, 0.29) is 0 Å². The summed E-state index contributed by atoms with van der Waals surface area (Å²) in [5, 5.41) is 13.8. The van der Waals surface area contributed by atoms with Crippen LogP contribution in [0.25, 0.3) is 0 Å². The second kappa shape index (κ2) is 6.38. The van der Waals surface area contributed by atoms with E-state index < -0.39 is 23.7 Å². The Labute approximate surface area is 149 Å². The number of hydrogen-bond acceptors (Lipinski definition) is 5. The van der Waals surface area contributed by atoms with E-state index in [2.05, 4.69) is 5.32 Å². The van der Waals surface area contributed by atoms with Crippen molar-refractivity contribution >= 4 is 29.0 Å². The molecule has 3 rings (SSSR count). The molecule has 0 radical (unpaired) electrons. The van der Waals surface area contributed by atoms with Crippen LogP contribution in [0.4, 0.5) is 5.69 Å². The second-order valence-electron chi connectivity index (χ2n) is 5.67. The first-order chi connectivity index (χ1) is 11.9. The molecule has 0 spiro atoms. The minimum atomic E-state index is -1.97. The van der Waals surface area contributed by atoms with Crippen molar-refractivity contribution in [2.45, 2.75) is 12.0 Å². The van der Waals surface area contributed by atoms with Crippen molar-refractivity contribution in [3.63, 3.8) is 0 Å². The van der Waals surface area contributed by atoms with Crippen molar-refractivity contribution in [2.24, 2.45) is 0 Å². The smallest absolute Gasteiger partial charge is 0.261 e. The summed E-state index contributed by atoms with van der Waals surface area (Å²) in [5.74, 6) is -0.196. The summed E-state index contributed by atoms with van der Waals surface area (Å²) in [4.78, 5) is 24.9. The van der Waals surface area contributed by atoms with Crippen molar-refractivity contribution in [3.8, 4) is 11.5 Å². The Morgan fingerprint density at radius 2 is 1.88 bits per heavy atom. The van der Waals surface area contributed by atoms with Crippen molar-refractivity contribution in [1.82, 2.24) is 0 Å². The van der Waals surface area contributed by atoms with Gasteiger partial charge in [0, 0.05) is 21.8 Å². The third-order valence-electron chi connectivity index (χ3n) is 4.17. The lowest BCUT2D eigenvalue weighted by atomic mass is 9.88. The maximum atomic E-state index is 12.6. The van der Waals surface area contributed by atoms with Gasteiger partial charge in [-0.2, -0.15) is 0 Å². The highest BCUT2D eigenvalue weighted by atomic mass is 35.5. The van der Waals surface area contributed by atoms with Crippen LogP contribution < -0.4 is 14.8 Å². The normalized spacial score (nSPS) is 18.5. The predicted molar refractivity (Wildman–Crippen MR) is 92.5 cm³/mol.